The van der Waals surface area contributed by atoms with Crippen LogP contribution in [0.3, 0.4) is 0 Å². The van der Waals surface area contributed by atoms with Crippen molar-refractivity contribution in [1.29, 1.82) is 0 Å². The van der Waals surface area contributed by atoms with Crippen LogP contribution in [-0.4, -0.2) is 25.5 Å². The van der Waals surface area contributed by atoms with E-state index in [9.17, 15) is 13.2 Å². The smallest absolute Gasteiger partial charge is 0.404 e. The third-order valence-corrected chi connectivity index (χ3v) is 3.36. The molecular weight excluding hydrogens is 325 g/mol. The minimum absolute atomic E-state index is 0.222. The van der Waals surface area contributed by atoms with Crippen molar-refractivity contribution in [1.82, 2.24) is 5.32 Å². The average Bonchev–Trinajstić information content (AvgIpc) is 2.78. The Bertz CT molecular complexity index is 433. The Labute approximate surface area is 117 Å². The first-order valence-electron chi connectivity index (χ1n) is 5.96. The molecule has 0 aromatic heterocycles. The molecule has 7 heteroatoms. The van der Waals surface area contributed by atoms with Gasteiger partial charge in [0.15, 0.2) is 5.75 Å². The van der Waals surface area contributed by atoms with Crippen LogP contribution >= 0.6 is 15.9 Å². The maximum Gasteiger partial charge on any atom is 0.573 e. The van der Waals surface area contributed by atoms with Crippen molar-refractivity contribution < 1.29 is 17.9 Å². The van der Waals surface area contributed by atoms with E-state index in [2.05, 4.69) is 31.3 Å². The van der Waals surface area contributed by atoms with Crippen molar-refractivity contribution in [2.24, 2.45) is 0 Å². The maximum absolute atomic E-state index is 12.3. The summed E-state index contributed by atoms with van der Waals surface area (Å²) in [6.07, 6.45) is -2.57. The summed E-state index contributed by atoms with van der Waals surface area (Å²) < 4.78 is 41.5. The first-order valence-corrected chi connectivity index (χ1v) is 6.76. The lowest BCUT2D eigenvalue weighted by Crippen LogP contribution is -2.29. The topological polar surface area (TPSA) is 33.3 Å². The SMILES string of the molecule is FC(F)(F)Oc1cc(Br)ccc1NCC1CCCN1. The summed E-state index contributed by atoms with van der Waals surface area (Å²) in [7, 11) is 0. The minimum Gasteiger partial charge on any atom is -0.404 e. The molecule has 3 nitrogen and oxygen atoms in total. The standard InChI is InChI=1S/C12H14BrF3N2O/c13-8-3-4-10(11(6-8)19-12(14,15)16)18-7-9-2-1-5-17-9/h3-4,6,9,17-18H,1-2,5,7H2. The van der Waals surface area contributed by atoms with Gasteiger partial charge in [-0.1, -0.05) is 15.9 Å². The van der Waals surface area contributed by atoms with E-state index in [4.69, 9.17) is 0 Å². The van der Waals surface area contributed by atoms with Gasteiger partial charge >= 0.3 is 6.36 Å². The fourth-order valence-electron chi connectivity index (χ4n) is 2.02. The monoisotopic (exact) mass is 338 g/mol. The van der Waals surface area contributed by atoms with E-state index in [1.807, 2.05) is 0 Å². The van der Waals surface area contributed by atoms with Crippen molar-refractivity contribution in [3.8, 4) is 5.75 Å². The molecule has 0 aliphatic carbocycles. The number of rotatable bonds is 4. The molecule has 106 valence electrons. The molecule has 1 aromatic rings. The van der Waals surface area contributed by atoms with Crippen molar-refractivity contribution in [3.63, 3.8) is 0 Å². The fraction of sp³-hybridized carbons (Fsp3) is 0.500. The first kappa shape index (κ1) is 14.5. The van der Waals surface area contributed by atoms with Crippen LogP contribution in [0, 0.1) is 0 Å². The molecule has 1 aliphatic heterocycles. The fourth-order valence-corrected chi connectivity index (χ4v) is 2.36. The number of benzene rings is 1. The lowest BCUT2D eigenvalue weighted by Gasteiger charge is -2.17. The summed E-state index contributed by atoms with van der Waals surface area (Å²) in [4.78, 5) is 0. The third kappa shape index (κ3) is 4.58. The molecule has 1 heterocycles. The molecule has 2 N–H and O–H groups in total. The van der Waals surface area contributed by atoms with E-state index in [0.717, 1.165) is 19.4 Å². The van der Waals surface area contributed by atoms with E-state index >= 15 is 0 Å². The highest BCUT2D eigenvalue weighted by Gasteiger charge is 2.32. The van der Waals surface area contributed by atoms with Crippen LogP contribution in [0.15, 0.2) is 22.7 Å². The Morgan fingerprint density at radius 1 is 1.42 bits per heavy atom. The molecule has 1 aromatic carbocycles. The van der Waals surface area contributed by atoms with Gasteiger partial charge in [-0.3, -0.25) is 0 Å². The van der Waals surface area contributed by atoms with Gasteiger partial charge in [0.05, 0.1) is 5.69 Å². The molecule has 1 unspecified atom stereocenters. The Morgan fingerprint density at radius 2 is 2.21 bits per heavy atom. The van der Waals surface area contributed by atoms with Gasteiger partial charge in [-0.2, -0.15) is 0 Å². The van der Waals surface area contributed by atoms with Crippen LogP contribution in [-0.2, 0) is 0 Å². The highest BCUT2D eigenvalue weighted by Crippen LogP contribution is 2.33. The summed E-state index contributed by atoms with van der Waals surface area (Å²) in [5, 5.41) is 6.27. The number of hydrogen-bond acceptors (Lipinski definition) is 3. The van der Waals surface area contributed by atoms with Crippen LogP contribution in [0.5, 0.6) is 5.75 Å². The van der Waals surface area contributed by atoms with Crippen molar-refractivity contribution >= 4 is 21.6 Å². The van der Waals surface area contributed by atoms with Gasteiger partial charge in [0, 0.05) is 17.1 Å². The second kappa shape index (κ2) is 6.00. The predicted molar refractivity (Wildman–Crippen MR) is 70.3 cm³/mol. The number of nitrogens with one attached hydrogen (secondary N) is 2. The van der Waals surface area contributed by atoms with Crippen LogP contribution in [0.25, 0.3) is 0 Å². The zero-order valence-corrected chi connectivity index (χ0v) is 11.6. The molecule has 0 amide bonds. The second-order valence-corrected chi connectivity index (χ2v) is 5.28. The van der Waals surface area contributed by atoms with Gasteiger partial charge in [-0.15, -0.1) is 13.2 Å². The Hall–Kier alpha value is -0.950. The lowest BCUT2D eigenvalue weighted by molar-refractivity contribution is -0.274. The molecule has 1 fully saturated rings. The summed E-state index contributed by atoms with van der Waals surface area (Å²) in [6, 6.07) is 4.84. The normalized spacial score (nSPS) is 19.5. The first-order chi connectivity index (χ1) is 8.94. The van der Waals surface area contributed by atoms with Crippen molar-refractivity contribution in [2.75, 3.05) is 18.4 Å². The van der Waals surface area contributed by atoms with Crippen LogP contribution in [0.2, 0.25) is 0 Å². The summed E-state index contributed by atoms with van der Waals surface area (Å²) in [6.45, 7) is 1.54. The molecule has 0 saturated carbocycles. The number of ether oxygens (including phenoxy) is 1. The Morgan fingerprint density at radius 3 is 2.84 bits per heavy atom. The zero-order valence-electron chi connectivity index (χ0n) is 10.1. The molecule has 0 bridgehead atoms. The second-order valence-electron chi connectivity index (χ2n) is 4.36. The van der Waals surface area contributed by atoms with Gasteiger partial charge in [-0.05, 0) is 37.6 Å². The van der Waals surface area contributed by atoms with Crippen LogP contribution in [0.1, 0.15) is 12.8 Å². The Kier molecular flexibility index (Phi) is 4.57. The number of anilines is 1. The van der Waals surface area contributed by atoms with Gasteiger partial charge < -0.3 is 15.4 Å². The van der Waals surface area contributed by atoms with E-state index in [0.29, 0.717) is 22.7 Å². The van der Waals surface area contributed by atoms with E-state index in [1.165, 1.54) is 6.07 Å². The zero-order chi connectivity index (χ0) is 13.9. The van der Waals surface area contributed by atoms with Crippen LogP contribution in [0.4, 0.5) is 18.9 Å². The molecule has 1 atom stereocenters. The Balaban J connectivity index is 2.05. The third-order valence-electron chi connectivity index (χ3n) is 2.87. The number of halogens is 4. The molecule has 1 aliphatic rings. The average molecular weight is 339 g/mol. The molecule has 2 rings (SSSR count). The molecular formula is C12H14BrF3N2O. The largest absolute Gasteiger partial charge is 0.573 e. The summed E-state index contributed by atoms with van der Waals surface area (Å²) >= 11 is 3.13. The van der Waals surface area contributed by atoms with Gasteiger partial charge in [-0.25, -0.2) is 0 Å². The van der Waals surface area contributed by atoms with E-state index < -0.39 is 6.36 Å². The molecule has 0 spiro atoms. The molecule has 19 heavy (non-hydrogen) atoms. The van der Waals surface area contributed by atoms with E-state index in [-0.39, 0.29) is 5.75 Å². The predicted octanol–water partition coefficient (Wildman–Crippen LogP) is 3.51. The van der Waals surface area contributed by atoms with Crippen molar-refractivity contribution in [2.45, 2.75) is 25.2 Å². The number of hydrogen-bond donors (Lipinski definition) is 2. The van der Waals surface area contributed by atoms with Gasteiger partial charge in [0.1, 0.15) is 0 Å². The van der Waals surface area contributed by atoms with Gasteiger partial charge in [0.25, 0.3) is 0 Å². The maximum atomic E-state index is 12.3. The minimum atomic E-state index is -4.69. The molecule has 1 saturated heterocycles. The molecule has 0 radical (unpaired) electrons. The lowest BCUT2D eigenvalue weighted by atomic mass is 10.2. The highest BCUT2D eigenvalue weighted by molar-refractivity contribution is 9.10. The summed E-state index contributed by atoms with van der Waals surface area (Å²) in [5.41, 5.74) is 0.342. The van der Waals surface area contributed by atoms with Crippen LogP contribution < -0.4 is 15.4 Å². The van der Waals surface area contributed by atoms with Gasteiger partial charge in [0.2, 0.25) is 0 Å². The van der Waals surface area contributed by atoms with E-state index in [1.54, 1.807) is 12.1 Å². The van der Waals surface area contributed by atoms with Crippen molar-refractivity contribution in [3.05, 3.63) is 22.7 Å². The quantitative estimate of drug-likeness (QED) is 0.881. The highest BCUT2D eigenvalue weighted by atomic mass is 79.9. The summed E-state index contributed by atoms with van der Waals surface area (Å²) in [5.74, 6) is -0.222. The number of alkyl halides is 3.